The lowest BCUT2D eigenvalue weighted by Gasteiger charge is -2.14. The van der Waals surface area contributed by atoms with Gasteiger partial charge in [-0.2, -0.15) is 0 Å². The van der Waals surface area contributed by atoms with E-state index < -0.39 is 0 Å². The molecule has 2 N–H and O–H groups in total. The molecule has 0 aliphatic heterocycles. The van der Waals surface area contributed by atoms with E-state index in [0.29, 0.717) is 26.4 Å². The molecule has 0 spiro atoms. The molecule has 0 heterocycles. The lowest BCUT2D eigenvalue weighted by Crippen LogP contribution is -2.14. The van der Waals surface area contributed by atoms with Crippen molar-refractivity contribution in [3.8, 4) is 0 Å². The van der Waals surface area contributed by atoms with E-state index in [1.54, 1.807) is 0 Å². The Morgan fingerprint density at radius 2 is 0.875 bits per heavy atom. The van der Waals surface area contributed by atoms with Gasteiger partial charge in [-0.05, 0) is 49.7 Å². The Labute approximate surface area is 244 Å². The molecule has 0 saturated carbocycles. The Bertz CT molecular complexity index is 823. The van der Waals surface area contributed by atoms with Crippen LogP contribution in [0.2, 0.25) is 0 Å². The largest absolute Gasteiger partial charge is 0.396 e. The van der Waals surface area contributed by atoms with Crippen LogP contribution >= 0.6 is 0 Å². The summed E-state index contributed by atoms with van der Waals surface area (Å²) in [5, 5.41) is 19.2. The first kappa shape index (κ1) is 34.2. The highest BCUT2D eigenvalue weighted by molar-refractivity contribution is 5.14. The van der Waals surface area contributed by atoms with Crippen LogP contribution in [-0.4, -0.2) is 36.6 Å². The van der Waals surface area contributed by atoms with Crippen molar-refractivity contribution in [1.82, 2.24) is 0 Å². The highest BCUT2D eigenvalue weighted by Gasteiger charge is 2.08. The van der Waals surface area contributed by atoms with Crippen LogP contribution < -0.4 is 0 Å². The van der Waals surface area contributed by atoms with Gasteiger partial charge in [-0.25, -0.2) is 0 Å². The monoisotopic (exact) mass is 552 g/mol. The summed E-state index contributed by atoms with van der Waals surface area (Å²) >= 11 is 0. The van der Waals surface area contributed by atoms with E-state index in [0.717, 1.165) is 19.3 Å². The molecule has 2 atom stereocenters. The van der Waals surface area contributed by atoms with Crippen LogP contribution in [0.5, 0.6) is 0 Å². The molecule has 2 rings (SSSR count). The molecular formula is C36H56O4. The van der Waals surface area contributed by atoms with Gasteiger partial charge < -0.3 is 19.7 Å². The second-order valence-corrected chi connectivity index (χ2v) is 11.3. The van der Waals surface area contributed by atoms with Crippen molar-refractivity contribution in [2.45, 2.75) is 103 Å². The fraction of sp³-hybridized carbons (Fsp3) is 0.611. The van der Waals surface area contributed by atoms with E-state index in [4.69, 9.17) is 9.47 Å². The number of allylic oxidation sites excluding steroid dienone is 2. The van der Waals surface area contributed by atoms with Crippen LogP contribution in [0.15, 0.2) is 72.8 Å². The molecule has 224 valence electrons. The summed E-state index contributed by atoms with van der Waals surface area (Å²) in [6, 6.07) is 20.5. The Balaban J connectivity index is 1.31. The van der Waals surface area contributed by atoms with Gasteiger partial charge in [0.25, 0.3) is 0 Å². The number of hydrogen-bond donors (Lipinski definition) is 2. The molecule has 0 aliphatic carbocycles. The number of rotatable bonds is 26. The van der Waals surface area contributed by atoms with Crippen molar-refractivity contribution in [2.24, 2.45) is 11.8 Å². The third-order valence-corrected chi connectivity index (χ3v) is 7.58. The average molecular weight is 553 g/mol. The summed E-state index contributed by atoms with van der Waals surface area (Å²) < 4.78 is 11.6. The minimum atomic E-state index is 0.212. The third kappa shape index (κ3) is 18.4. The van der Waals surface area contributed by atoms with Gasteiger partial charge in [0.2, 0.25) is 0 Å². The number of unbranched alkanes of at least 4 members (excludes halogenated alkanes) is 10. The van der Waals surface area contributed by atoms with Crippen LogP contribution in [0.3, 0.4) is 0 Å². The summed E-state index contributed by atoms with van der Waals surface area (Å²) in [4.78, 5) is 0. The van der Waals surface area contributed by atoms with Crippen LogP contribution in [-0.2, 0) is 22.7 Å². The molecule has 2 aromatic rings. The number of hydrogen-bond acceptors (Lipinski definition) is 4. The van der Waals surface area contributed by atoms with Crippen molar-refractivity contribution >= 4 is 0 Å². The lowest BCUT2D eigenvalue weighted by atomic mass is 10.0. The maximum absolute atomic E-state index is 9.63. The molecule has 2 aromatic carbocycles. The number of benzene rings is 2. The molecule has 4 nitrogen and oxygen atoms in total. The summed E-state index contributed by atoms with van der Waals surface area (Å²) in [6.07, 6.45) is 21.8. The third-order valence-electron chi connectivity index (χ3n) is 7.58. The number of aliphatic hydroxyl groups is 2. The van der Waals surface area contributed by atoms with Gasteiger partial charge in [0.15, 0.2) is 0 Å². The fourth-order valence-electron chi connectivity index (χ4n) is 4.98. The molecular weight excluding hydrogens is 496 g/mol. The summed E-state index contributed by atoms with van der Waals surface area (Å²) in [5.74, 6) is 0.513. The molecule has 0 radical (unpaired) electrons. The van der Waals surface area contributed by atoms with Crippen LogP contribution in [0.25, 0.3) is 0 Å². The zero-order valence-electron chi connectivity index (χ0n) is 24.9. The minimum absolute atomic E-state index is 0.212. The molecule has 4 heteroatoms. The molecule has 0 fully saturated rings. The zero-order chi connectivity index (χ0) is 28.4. The Morgan fingerprint density at radius 3 is 1.30 bits per heavy atom. The topological polar surface area (TPSA) is 58.9 Å². The molecule has 40 heavy (non-hydrogen) atoms. The highest BCUT2D eigenvalue weighted by atomic mass is 16.5. The molecule has 0 aromatic heterocycles. The van der Waals surface area contributed by atoms with Gasteiger partial charge in [-0.15, -0.1) is 0 Å². The van der Waals surface area contributed by atoms with E-state index in [9.17, 15) is 10.2 Å². The standard InChI is InChI=1S/C36H56O4/c37-27-35(31-39-29-33-21-17-13-18-22-33)25-15-11-9-7-5-3-1-2-4-6-8-10-12-16-26-36(28-38)32-40-30-34-23-19-14-20-24-34/h3,5,13-14,17-24,35-38H,1-2,4,6-12,15-16,25-32H2/b5-3+. The molecule has 2 unspecified atom stereocenters. The van der Waals surface area contributed by atoms with Crippen LogP contribution in [0, 0.1) is 11.8 Å². The highest BCUT2D eigenvalue weighted by Crippen LogP contribution is 2.15. The van der Waals surface area contributed by atoms with Crippen LogP contribution in [0.4, 0.5) is 0 Å². The predicted octanol–water partition coefficient (Wildman–Crippen LogP) is 8.65. The SMILES string of the molecule is OCC(CCCCC/C=C/CCCCCCCCCC(CO)COCc1ccccc1)COCc1ccccc1. The van der Waals surface area contributed by atoms with Crippen molar-refractivity contribution in [3.63, 3.8) is 0 Å². The summed E-state index contributed by atoms with van der Waals surface area (Å²) in [5.41, 5.74) is 2.38. The first-order valence-electron chi connectivity index (χ1n) is 15.9. The average Bonchev–Trinajstić information content (AvgIpc) is 3.00. The Kier molecular flexibility index (Phi) is 21.2. The maximum atomic E-state index is 9.63. The summed E-state index contributed by atoms with van der Waals surface area (Å²) in [6.45, 7) is 2.97. The van der Waals surface area contributed by atoms with Crippen molar-refractivity contribution in [2.75, 3.05) is 26.4 Å². The lowest BCUT2D eigenvalue weighted by molar-refractivity contribution is 0.0584. The fourth-order valence-corrected chi connectivity index (χ4v) is 4.98. The first-order chi connectivity index (χ1) is 19.8. The van der Waals surface area contributed by atoms with Crippen molar-refractivity contribution in [3.05, 3.63) is 83.9 Å². The number of ether oxygens (including phenoxy) is 2. The van der Waals surface area contributed by atoms with Crippen molar-refractivity contribution < 1.29 is 19.7 Å². The van der Waals surface area contributed by atoms with Gasteiger partial charge in [-0.3, -0.25) is 0 Å². The van der Waals surface area contributed by atoms with Gasteiger partial charge in [0.1, 0.15) is 0 Å². The molecule has 0 aliphatic rings. The van der Waals surface area contributed by atoms with Gasteiger partial charge in [0.05, 0.1) is 26.4 Å². The maximum Gasteiger partial charge on any atom is 0.0717 e. The van der Waals surface area contributed by atoms with E-state index in [1.807, 2.05) is 36.4 Å². The smallest absolute Gasteiger partial charge is 0.0717 e. The quantitative estimate of drug-likeness (QED) is 0.0905. The Hall–Kier alpha value is -1.98. The first-order valence-corrected chi connectivity index (χ1v) is 15.9. The minimum Gasteiger partial charge on any atom is -0.396 e. The normalized spacial score (nSPS) is 13.2. The predicted molar refractivity (Wildman–Crippen MR) is 167 cm³/mol. The van der Waals surface area contributed by atoms with Gasteiger partial charge in [0, 0.05) is 25.0 Å². The second kappa shape index (κ2) is 24.8. The second-order valence-electron chi connectivity index (χ2n) is 11.3. The Morgan fingerprint density at radius 1 is 0.500 bits per heavy atom. The molecule has 0 bridgehead atoms. The van der Waals surface area contributed by atoms with E-state index in [2.05, 4.69) is 36.4 Å². The molecule has 0 amide bonds. The van der Waals surface area contributed by atoms with Crippen LogP contribution in [0.1, 0.15) is 101 Å². The van der Waals surface area contributed by atoms with E-state index in [1.165, 1.54) is 81.8 Å². The molecule has 0 saturated heterocycles. The summed E-state index contributed by atoms with van der Waals surface area (Å²) in [7, 11) is 0. The van der Waals surface area contributed by atoms with Gasteiger partial charge >= 0.3 is 0 Å². The van der Waals surface area contributed by atoms with Gasteiger partial charge in [-0.1, -0.05) is 124 Å². The zero-order valence-corrected chi connectivity index (χ0v) is 24.9. The number of aliphatic hydroxyl groups excluding tert-OH is 2. The van der Waals surface area contributed by atoms with E-state index >= 15 is 0 Å². The van der Waals surface area contributed by atoms with E-state index in [-0.39, 0.29) is 25.0 Å². The van der Waals surface area contributed by atoms with Crippen molar-refractivity contribution in [1.29, 1.82) is 0 Å².